The molecular weight excluding hydrogens is 218 g/mol. The lowest BCUT2D eigenvalue weighted by Gasteiger charge is -2.15. The van der Waals surface area contributed by atoms with E-state index in [9.17, 15) is 4.79 Å². The Labute approximate surface area is 101 Å². The van der Waals surface area contributed by atoms with E-state index < -0.39 is 12.0 Å². The zero-order valence-corrected chi connectivity index (χ0v) is 9.85. The second-order valence-corrected chi connectivity index (χ2v) is 4.26. The number of aliphatic carboxylic acids is 1. The molecule has 0 aliphatic heterocycles. The average Bonchev–Trinajstić information content (AvgIpc) is 3.10. The van der Waals surface area contributed by atoms with Crippen molar-refractivity contribution in [1.82, 2.24) is 0 Å². The lowest BCUT2D eigenvalue weighted by atomic mass is 10.1. The molecule has 1 aromatic carbocycles. The Morgan fingerprint density at radius 2 is 2.35 bits per heavy atom. The number of hydrogen-bond donors (Lipinski definition) is 2. The van der Waals surface area contributed by atoms with E-state index >= 15 is 0 Å². The number of carbonyl (C=O) groups is 1. The second kappa shape index (κ2) is 5.08. The number of anilines is 1. The normalized spacial score (nSPS) is 16.3. The highest BCUT2D eigenvalue weighted by atomic mass is 16.5. The lowest BCUT2D eigenvalue weighted by Crippen LogP contribution is -2.31. The van der Waals surface area contributed by atoms with E-state index in [1.54, 1.807) is 0 Å². The summed E-state index contributed by atoms with van der Waals surface area (Å²) in [5.74, 6) is 0.245. The molecule has 0 bridgehead atoms. The molecule has 17 heavy (non-hydrogen) atoms. The molecular formula is C13H17NO3. The summed E-state index contributed by atoms with van der Waals surface area (Å²) in [6, 6.07) is 6.94. The predicted octanol–water partition coefficient (Wildman–Crippen LogP) is 2.36. The molecule has 1 aromatic rings. The van der Waals surface area contributed by atoms with Crippen molar-refractivity contribution in [2.45, 2.75) is 25.8 Å². The molecule has 0 heterocycles. The Morgan fingerprint density at radius 1 is 1.59 bits per heavy atom. The van der Waals surface area contributed by atoms with Gasteiger partial charge in [-0.25, -0.2) is 4.79 Å². The van der Waals surface area contributed by atoms with E-state index in [1.165, 1.54) is 0 Å². The molecule has 1 aliphatic carbocycles. The van der Waals surface area contributed by atoms with Crippen molar-refractivity contribution >= 4 is 11.7 Å². The largest absolute Gasteiger partial charge is 0.494 e. The first kappa shape index (κ1) is 11.8. The minimum Gasteiger partial charge on any atom is -0.494 e. The van der Waals surface area contributed by atoms with Gasteiger partial charge in [-0.2, -0.15) is 0 Å². The summed E-state index contributed by atoms with van der Waals surface area (Å²) < 4.78 is 5.38. The van der Waals surface area contributed by atoms with E-state index in [1.807, 2.05) is 31.2 Å². The van der Waals surface area contributed by atoms with Crippen LogP contribution in [0.2, 0.25) is 0 Å². The van der Waals surface area contributed by atoms with Crippen LogP contribution in [0, 0.1) is 5.92 Å². The molecule has 0 spiro atoms. The molecule has 0 amide bonds. The maximum absolute atomic E-state index is 11.1. The fourth-order valence-electron chi connectivity index (χ4n) is 1.83. The summed E-state index contributed by atoms with van der Waals surface area (Å²) in [4.78, 5) is 11.1. The Bertz CT molecular complexity index is 401. The van der Waals surface area contributed by atoms with Crippen molar-refractivity contribution < 1.29 is 14.6 Å². The van der Waals surface area contributed by atoms with Crippen LogP contribution in [-0.2, 0) is 4.79 Å². The summed E-state index contributed by atoms with van der Waals surface area (Å²) in [5.41, 5.74) is 0.801. The molecule has 1 fully saturated rings. The lowest BCUT2D eigenvalue weighted by molar-refractivity contribution is -0.138. The van der Waals surface area contributed by atoms with Crippen LogP contribution in [0.5, 0.6) is 5.75 Å². The van der Waals surface area contributed by atoms with E-state index in [4.69, 9.17) is 9.84 Å². The fourth-order valence-corrected chi connectivity index (χ4v) is 1.83. The van der Waals surface area contributed by atoms with Crippen molar-refractivity contribution in [1.29, 1.82) is 0 Å². The Kier molecular flexibility index (Phi) is 3.52. The van der Waals surface area contributed by atoms with Gasteiger partial charge in [0, 0.05) is 11.8 Å². The van der Waals surface area contributed by atoms with Crippen LogP contribution >= 0.6 is 0 Å². The average molecular weight is 235 g/mol. The number of nitrogens with one attached hydrogen (secondary N) is 1. The van der Waals surface area contributed by atoms with Crippen LogP contribution in [0.25, 0.3) is 0 Å². The van der Waals surface area contributed by atoms with E-state index in [2.05, 4.69) is 5.32 Å². The van der Waals surface area contributed by atoms with Gasteiger partial charge in [-0.3, -0.25) is 0 Å². The standard InChI is InChI=1S/C13H17NO3/c1-2-17-11-5-3-4-10(8-11)14-12(13(15)16)9-6-7-9/h3-5,8-9,12,14H,2,6-7H2,1H3,(H,15,16). The smallest absolute Gasteiger partial charge is 0.326 e. The molecule has 1 atom stereocenters. The van der Waals surface area contributed by atoms with Gasteiger partial charge >= 0.3 is 5.97 Å². The number of carboxylic acids is 1. The van der Waals surface area contributed by atoms with Crippen LogP contribution in [0.4, 0.5) is 5.69 Å². The number of ether oxygens (including phenoxy) is 1. The third-order valence-corrected chi connectivity index (χ3v) is 2.83. The number of benzene rings is 1. The highest BCUT2D eigenvalue weighted by molar-refractivity contribution is 5.78. The monoisotopic (exact) mass is 235 g/mol. The van der Waals surface area contributed by atoms with Gasteiger partial charge in [0.1, 0.15) is 11.8 Å². The Hall–Kier alpha value is -1.71. The van der Waals surface area contributed by atoms with Crippen LogP contribution in [0.3, 0.4) is 0 Å². The highest BCUT2D eigenvalue weighted by Gasteiger charge is 2.36. The third kappa shape index (κ3) is 3.12. The minimum absolute atomic E-state index is 0.267. The molecule has 1 saturated carbocycles. The van der Waals surface area contributed by atoms with Crippen molar-refractivity contribution in [2.24, 2.45) is 5.92 Å². The topological polar surface area (TPSA) is 58.6 Å². The van der Waals surface area contributed by atoms with Crippen LogP contribution < -0.4 is 10.1 Å². The van der Waals surface area contributed by atoms with Gasteiger partial charge in [0.05, 0.1) is 6.61 Å². The third-order valence-electron chi connectivity index (χ3n) is 2.83. The van der Waals surface area contributed by atoms with Crippen molar-refractivity contribution in [3.8, 4) is 5.75 Å². The van der Waals surface area contributed by atoms with Gasteiger partial charge in [0.25, 0.3) is 0 Å². The molecule has 1 aliphatic rings. The maximum Gasteiger partial charge on any atom is 0.326 e. The Morgan fingerprint density at radius 3 is 2.94 bits per heavy atom. The first-order valence-electron chi connectivity index (χ1n) is 5.93. The van der Waals surface area contributed by atoms with Crippen LogP contribution in [0.15, 0.2) is 24.3 Å². The van der Waals surface area contributed by atoms with Gasteiger partial charge in [-0.1, -0.05) is 6.07 Å². The quantitative estimate of drug-likeness (QED) is 0.794. The molecule has 4 nitrogen and oxygen atoms in total. The molecule has 0 radical (unpaired) electrons. The molecule has 2 N–H and O–H groups in total. The summed E-state index contributed by atoms with van der Waals surface area (Å²) in [6.45, 7) is 2.53. The molecule has 4 heteroatoms. The van der Waals surface area contributed by atoms with E-state index in [0.29, 0.717) is 6.61 Å². The van der Waals surface area contributed by atoms with Crippen molar-refractivity contribution in [3.05, 3.63) is 24.3 Å². The van der Waals surface area contributed by atoms with Gasteiger partial charge < -0.3 is 15.2 Å². The van der Waals surface area contributed by atoms with Crippen molar-refractivity contribution in [2.75, 3.05) is 11.9 Å². The molecule has 0 saturated heterocycles. The van der Waals surface area contributed by atoms with Crippen LogP contribution in [-0.4, -0.2) is 23.7 Å². The van der Waals surface area contributed by atoms with E-state index in [0.717, 1.165) is 24.3 Å². The summed E-state index contributed by atoms with van der Waals surface area (Å²) in [6.07, 6.45) is 1.99. The summed E-state index contributed by atoms with van der Waals surface area (Å²) in [5, 5.41) is 12.2. The highest BCUT2D eigenvalue weighted by Crippen LogP contribution is 2.34. The number of carboxylic acid groups (broad SMARTS) is 1. The summed E-state index contributed by atoms with van der Waals surface area (Å²) >= 11 is 0. The molecule has 1 unspecified atom stereocenters. The minimum atomic E-state index is -0.783. The number of rotatable bonds is 6. The zero-order valence-electron chi connectivity index (χ0n) is 9.85. The van der Waals surface area contributed by atoms with Gasteiger partial charge in [-0.15, -0.1) is 0 Å². The van der Waals surface area contributed by atoms with E-state index in [-0.39, 0.29) is 5.92 Å². The maximum atomic E-state index is 11.1. The molecule has 92 valence electrons. The second-order valence-electron chi connectivity index (χ2n) is 4.26. The molecule has 0 aromatic heterocycles. The number of hydrogen-bond acceptors (Lipinski definition) is 3. The van der Waals surface area contributed by atoms with Gasteiger partial charge in [0.2, 0.25) is 0 Å². The van der Waals surface area contributed by atoms with Gasteiger partial charge in [-0.05, 0) is 37.8 Å². The van der Waals surface area contributed by atoms with Crippen molar-refractivity contribution in [3.63, 3.8) is 0 Å². The molecule has 2 rings (SSSR count). The Balaban J connectivity index is 2.05. The zero-order chi connectivity index (χ0) is 12.3. The SMILES string of the molecule is CCOc1cccc(NC(C(=O)O)C2CC2)c1. The first-order valence-corrected chi connectivity index (χ1v) is 5.93. The summed E-state index contributed by atoms with van der Waals surface area (Å²) in [7, 11) is 0. The van der Waals surface area contributed by atoms with Crippen LogP contribution in [0.1, 0.15) is 19.8 Å². The predicted molar refractivity (Wildman–Crippen MR) is 65.4 cm³/mol. The first-order chi connectivity index (χ1) is 8.20. The fraction of sp³-hybridized carbons (Fsp3) is 0.462. The van der Waals surface area contributed by atoms with Gasteiger partial charge in [0.15, 0.2) is 0 Å².